The van der Waals surface area contributed by atoms with Crippen molar-refractivity contribution in [3.8, 4) is 17.1 Å². The highest BCUT2D eigenvalue weighted by Crippen LogP contribution is 2.22. The van der Waals surface area contributed by atoms with Crippen molar-refractivity contribution in [2.45, 2.75) is 33.6 Å². The fourth-order valence-corrected chi connectivity index (χ4v) is 3.69. The van der Waals surface area contributed by atoms with Crippen molar-refractivity contribution in [1.29, 1.82) is 0 Å². The van der Waals surface area contributed by atoms with Crippen LogP contribution in [0.15, 0.2) is 65.1 Å². The molecule has 0 aliphatic rings. The van der Waals surface area contributed by atoms with Gasteiger partial charge in [0.15, 0.2) is 6.61 Å². The van der Waals surface area contributed by atoms with E-state index in [0.29, 0.717) is 17.3 Å². The smallest absolute Gasteiger partial charge is 0.306 e. The Morgan fingerprint density at radius 1 is 0.970 bits per heavy atom. The summed E-state index contributed by atoms with van der Waals surface area (Å²) in [6.07, 6.45) is 0.292. The molecule has 7 nitrogen and oxygen atoms in total. The van der Waals surface area contributed by atoms with E-state index >= 15 is 0 Å². The molecule has 2 aromatic carbocycles. The van der Waals surface area contributed by atoms with Gasteiger partial charge < -0.3 is 13.7 Å². The zero-order valence-electron chi connectivity index (χ0n) is 18.9. The molecule has 0 bridgehead atoms. The number of hydrogen-bond acceptors (Lipinski definition) is 6. The first-order chi connectivity index (χ1) is 15.9. The fourth-order valence-electron chi connectivity index (χ4n) is 3.69. The van der Waals surface area contributed by atoms with E-state index in [-0.39, 0.29) is 25.2 Å². The van der Waals surface area contributed by atoms with Gasteiger partial charge in [0.05, 0.1) is 6.42 Å². The van der Waals surface area contributed by atoms with Crippen LogP contribution in [0.1, 0.15) is 39.6 Å². The van der Waals surface area contributed by atoms with Crippen LogP contribution >= 0.6 is 0 Å². The third-order valence-electron chi connectivity index (χ3n) is 5.42. The normalized spacial score (nSPS) is 10.9. The monoisotopic (exact) mass is 443 g/mol. The summed E-state index contributed by atoms with van der Waals surface area (Å²) in [5.41, 5.74) is 5.23. The second-order valence-electron chi connectivity index (χ2n) is 7.91. The number of nitrogens with zero attached hydrogens (tertiary/aromatic N) is 3. The third kappa shape index (κ3) is 5.09. The first-order valence-electron chi connectivity index (χ1n) is 10.7. The SMILES string of the molecule is Cc1ccc(-c2nnc(CCC(=O)OCC(=O)c3cc(C)n(-c4ccccc4)c3C)o2)cc1. The van der Waals surface area contributed by atoms with Gasteiger partial charge in [0.1, 0.15) is 0 Å². The van der Waals surface area contributed by atoms with Crippen molar-refractivity contribution < 1.29 is 18.7 Å². The van der Waals surface area contributed by atoms with Gasteiger partial charge in [-0.15, -0.1) is 10.2 Å². The summed E-state index contributed by atoms with van der Waals surface area (Å²) < 4.78 is 12.8. The molecule has 168 valence electrons. The van der Waals surface area contributed by atoms with Crippen LogP contribution in [-0.4, -0.2) is 33.1 Å². The minimum atomic E-state index is -0.490. The molecule has 0 aliphatic carbocycles. The number of benzene rings is 2. The van der Waals surface area contributed by atoms with Crippen LogP contribution in [0.2, 0.25) is 0 Å². The topological polar surface area (TPSA) is 87.2 Å². The predicted molar refractivity (Wildman–Crippen MR) is 123 cm³/mol. The summed E-state index contributed by atoms with van der Waals surface area (Å²) >= 11 is 0. The van der Waals surface area contributed by atoms with Gasteiger partial charge in [0, 0.05) is 34.6 Å². The van der Waals surface area contributed by atoms with Gasteiger partial charge in [0.25, 0.3) is 0 Å². The summed E-state index contributed by atoms with van der Waals surface area (Å²) in [5, 5.41) is 8.02. The third-order valence-corrected chi connectivity index (χ3v) is 5.42. The van der Waals surface area contributed by atoms with Crippen molar-refractivity contribution in [2.24, 2.45) is 0 Å². The van der Waals surface area contributed by atoms with E-state index in [1.807, 2.05) is 86.0 Å². The minimum Gasteiger partial charge on any atom is -0.457 e. The number of Topliss-reactive ketones (excluding diaryl/α,β-unsaturated/α-hetero) is 1. The van der Waals surface area contributed by atoms with Gasteiger partial charge in [-0.3, -0.25) is 9.59 Å². The standard InChI is InChI=1S/C26H25N3O4/c1-17-9-11-20(12-10-17)26-28-27-24(33-26)13-14-25(31)32-16-23(30)22-15-18(2)29(19(22)3)21-7-5-4-6-8-21/h4-12,15H,13-14,16H2,1-3H3. The second-order valence-corrected chi connectivity index (χ2v) is 7.91. The number of hydrogen-bond donors (Lipinski definition) is 0. The number of rotatable bonds is 8. The number of para-hydroxylation sites is 1. The van der Waals surface area contributed by atoms with E-state index in [1.54, 1.807) is 0 Å². The number of ether oxygens (including phenoxy) is 1. The van der Waals surface area contributed by atoms with Crippen molar-refractivity contribution in [1.82, 2.24) is 14.8 Å². The number of ketones is 1. The molecule has 0 radical (unpaired) electrons. The summed E-state index contributed by atoms with van der Waals surface area (Å²) in [6, 6.07) is 19.4. The largest absolute Gasteiger partial charge is 0.457 e. The summed E-state index contributed by atoms with van der Waals surface area (Å²) in [7, 11) is 0. The Hall–Kier alpha value is -4.00. The lowest BCUT2D eigenvalue weighted by molar-refractivity contribution is -0.142. The maximum atomic E-state index is 12.7. The predicted octanol–water partition coefficient (Wildman–Crippen LogP) is 4.81. The molecular formula is C26H25N3O4. The van der Waals surface area contributed by atoms with E-state index in [9.17, 15) is 9.59 Å². The molecule has 0 unspecified atom stereocenters. The van der Waals surface area contributed by atoms with E-state index in [0.717, 1.165) is 28.2 Å². The maximum Gasteiger partial charge on any atom is 0.306 e. The van der Waals surface area contributed by atoms with Crippen LogP contribution in [0.4, 0.5) is 0 Å². The zero-order chi connectivity index (χ0) is 23.4. The van der Waals surface area contributed by atoms with Gasteiger partial charge >= 0.3 is 5.97 Å². The molecule has 2 heterocycles. The fraction of sp³-hybridized carbons (Fsp3) is 0.231. The summed E-state index contributed by atoms with van der Waals surface area (Å²) in [6.45, 7) is 5.52. The molecule has 0 spiro atoms. The van der Waals surface area contributed by atoms with Crippen molar-refractivity contribution in [2.75, 3.05) is 6.61 Å². The average molecular weight is 444 g/mol. The average Bonchev–Trinajstić information content (AvgIpc) is 3.41. The Bertz CT molecular complexity index is 1270. The van der Waals surface area contributed by atoms with E-state index in [4.69, 9.17) is 9.15 Å². The molecule has 0 amide bonds. The number of esters is 1. The molecular weight excluding hydrogens is 418 g/mol. The van der Waals surface area contributed by atoms with Gasteiger partial charge in [-0.25, -0.2) is 0 Å². The Balaban J connectivity index is 1.32. The quantitative estimate of drug-likeness (QED) is 0.287. The van der Waals surface area contributed by atoms with Crippen LogP contribution in [0.5, 0.6) is 0 Å². The van der Waals surface area contributed by atoms with Gasteiger partial charge in [-0.1, -0.05) is 35.9 Å². The van der Waals surface area contributed by atoms with Crippen molar-refractivity contribution >= 4 is 11.8 Å². The lowest BCUT2D eigenvalue weighted by atomic mass is 10.1. The molecule has 4 rings (SSSR count). The zero-order valence-corrected chi connectivity index (χ0v) is 18.9. The molecule has 0 aliphatic heterocycles. The Labute approximate surface area is 192 Å². The van der Waals surface area contributed by atoms with Gasteiger partial charge in [0.2, 0.25) is 17.6 Å². The highest BCUT2D eigenvalue weighted by atomic mass is 16.5. The van der Waals surface area contributed by atoms with Gasteiger partial charge in [-0.05, 0) is 51.1 Å². The lowest BCUT2D eigenvalue weighted by Crippen LogP contribution is -2.15. The first-order valence-corrected chi connectivity index (χ1v) is 10.7. The van der Waals surface area contributed by atoms with Crippen molar-refractivity contribution in [3.63, 3.8) is 0 Å². The molecule has 0 fully saturated rings. The minimum absolute atomic E-state index is 0.0475. The number of aromatic nitrogens is 3. The number of aryl methyl sites for hydroxylation is 3. The molecule has 2 aromatic heterocycles. The van der Waals surface area contributed by atoms with E-state index in [2.05, 4.69) is 10.2 Å². The summed E-state index contributed by atoms with van der Waals surface area (Å²) in [5.74, 6) is 0.0240. The molecule has 0 saturated carbocycles. The molecule has 0 saturated heterocycles. The van der Waals surface area contributed by atoms with E-state index < -0.39 is 5.97 Å². The number of carbonyl (C=O) groups excluding carboxylic acids is 2. The van der Waals surface area contributed by atoms with E-state index in [1.165, 1.54) is 0 Å². The molecule has 33 heavy (non-hydrogen) atoms. The van der Waals surface area contributed by atoms with Crippen LogP contribution in [0, 0.1) is 20.8 Å². The molecule has 0 atom stereocenters. The van der Waals surface area contributed by atoms with Crippen molar-refractivity contribution in [3.05, 3.63) is 89.1 Å². The number of carbonyl (C=O) groups is 2. The van der Waals surface area contributed by atoms with Crippen LogP contribution < -0.4 is 0 Å². The first kappa shape index (κ1) is 22.2. The molecule has 7 heteroatoms. The Morgan fingerprint density at radius 2 is 1.70 bits per heavy atom. The second kappa shape index (κ2) is 9.65. The molecule has 4 aromatic rings. The highest BCUT2D eigenvalue weighted by Gasteiger charge is 2.18. The Kier molecular flexibility index (Phi) is 6.49. The summed E-state index contributed by atoms with van der Waals surface area (Å²) in [4.78, 5) is 24.9. The molecule has 0 N–H and O–H groups in total. The Morgan fingerprint density at radius 3 is 2.42 bits per heavy atom. The van der Waals surface area contributed by atoms with Gasteiger partial charge in [-0.2, -0.15) is 0 Å². The lowest BCUT2D eigenvalue weighted by Gasteiger charge is -2.09. The highest BCUT2D eigenvalue weighted by molar-refractivity contribution is 5.99. The maximum absolute atomic E-state index is 12.7. The van der Waals surface area contributed by atoms with Crippen LogP contribution in [0.3, 0.4) is 0 Å². The van der Waals surface area contributed by atoms with Crippen LogP contribution in [-0.2, 0) is 16.0 Å². The van der Waals surface area contributed by atoms with Crippen LogP contribution in [0.25, 0.3) is 17.1 Å².